The van der Waals surface area contributed by atoms with E-state index in [4.69, 9.17) is 10.8 Å². The molecule has 4 N–H and O–H groups in total. The van der Waals surface area contributed by atoms with Crippen LogP contribution in [0.2, 0.25) is 0 Å². The van der Waals surface area contributed by atoms with Gasteiger partial charge in [0.25, 0.3) is 0 Å². The van der Waals surface area contributed by atoms with Crippen LogP contribution < -0.4 is 11.1 Å². The Morgan fingerprint density at radius 3 is 2.14 bits per heavy atom. The lowest BCUT2D eigenvalue weighted by atomic mass is 10.0. The molecule has 0 aromatic heterocycles. The summed E-state index contributed by atoms with van der Waals surface area (Å²) >= 11 is 0. The molecule has 0 radical (unpaired) electrons. The van der Waals surface area contributed by atoms with Crippen molar-refractivity contribution in [3.8, 4) is 0 Å². The highest BCUT2D eigenvalue weighted by molar-refractivity contribution is 5.86. The number of nitrogens with one attached hydrogen (secondary N) is 1. The minimum atomic E-state index is -1.02. The second kappa shape index (κ2) is 5.59. The van der Waals surface area contributed by atoms with Gasteiger partial charge < -0.3 is 16.2 Å². The Kier molecular flexibility index (Phi) is 5.15. The Hall–Kier alpha value is -1.10. The Balaban J connectivity index is 4.23. The highest BCUT2D eigenvalue weighted by Gasteiger charge is 2.22. The number of nitrogens with two attached hydrogens (primary N) is 1. The number of amides is 1. The van der Waals surface area contributed by atoms with E-state index in [1.54, 1.807) is 0 Å². The average molecular weight is 202 g/mol. The van der Waals surface area contributed by atoms with Crippen molar-refractivity contribution in [1.82, 2.24) is 5.32 Å². The smallest absolute Gasteiger partial charge is 0.326 e. The van der Waals surface area contributed by atoms with Crippen molar-refractivity contribution >= 4 is 11.9 Å². The third-order valence-corrected chi connectivity index (χ3v) is 1.74. The minimum Gasteiger partial charge on any atom is -0.480 e. The second-order valence-electron chi connectivity index (χ2n) is 3.82. The summed E-state index contributed by atoms with van der Waals surface area (Å²) in [5, 5.41) is 11.2. The Morgan fingerprint density at radius 1 is 1.36 bits per heavy atom. The van der Waals surface area contributed by atoms with E-state index >= 15 is 0 Å². The van der Waals surface area contributed by atoms with Crippen LogP contribution in [0.3, 0.4) is 0 Å². The van der Waals surface area contributed by atoms with Crippen molar-refractivity contribution in [2.45, 2.75) is 39.3 Å². The molecule has 0 aliphatic heterocycles. The maximum Gasteiger partial charge on any atom is 0.326 e. The standard InChI is InChI=1S/C9H18N2O3/c1-5(2)4-7(9(13)14)11-8(12)6(3)10/h5-7H,4,10H2,1-3H3,(H,11,12)(H,13,14)/t6-,7?/m0/s1. The normalized spacial score (nSPS) is 14.9. The number of hydrogen-bond donors (Lipinski definition) is 3. The summed E-state index contributed by atoms with van der Waals surface area (Å²) in [6, 6.07) is -1.52. The molecule has 0 saturated carbocycles. The number of carbonyl (C=O) groups excluding carboxylic acids is 1. The number of rotatable bonds is 5. The Labute approximate surface area is 83.7 Å². The molecule has 1 unspecified atom stereocenters. The number of carboxylic acid groups (broad SMARTS) is 1. The average Bonchev–Trinajstić information content (AvgIpc) is 2.01. The summed E-state index contributed by atoms with van der Waals surface area (Å²) in [5.41, 5.74) is 5.31. The Morgan fingerprint density at radius 2 is 1.86 bits per heavy atom. The molecule has 0 fully saturated rings. The predicted octanol–water partition coefficient (Wildman–Crippen LogP) is -0.0509. The van der Waals surface area contributed by atoms with Crippen molar-refractivity contribution in [2.75, 3.05) is 0 Å². The van der Waals surface area contributed by atoms with Gasteiger partial charge in [0, 0.05) is 0 Å². The van der Waals surface area contributed by atoms with E-state index in [1.165, 1.54) is 6.92 Å². The molecular weight excluding hydrogens is 184 g/mol. The van der Waals surface area contributed by atoms with E-state index < -0.39 is 24.0 Å². The highest BCUT2D eigenvalue weighted by atomic mass is 16.4. The zero-order chi connectivity index (χ0) is 11.3. The zero-order valence-electron chi connectivity index (χ0n) is 8.78. The number of carbonyl (C=O) groups is 2. The van der Waals surface area contributed by atoms with E-state index in [9.17, 15) is 9.59 Å². The molecule has 5 heteroatoms. The SMILES string of the molecule is CC(C)CC(NC(=O)[C@H](C)N)C(=O)O. The van der Waals surface area contributed by atoms with Crippen LogP contribution in [-0.2, 0) is 9.59 Å². The van der Waals surface area contributed by atoms with E-state index in [-0.39, 0.29) is 5.92 Å². The molecule has 0 aliphatic rings. The molecule has 82 valence electrons. The molecule has 1 amide bonds. The van der Waals surface area contributed by atoms with Gasteiger partial charge in [-0.15, -0.1) is 0 Å². The first kappa shape index (κ1) is 12.9. The van der Waals surface area contributed by atoms with Crippen molar-refractivity contribution in [1.29, 1.82) is 0 Å². The van der Waals surface area contributed by atoms with Gasteiger partial charge >= 0.3 is 5.97 Å². The van der Waals surface area contributed by atoms with Gasteiger partial charge in [-0.1, -0.05) is 13.8 Å². The van der Waals surface area contributed by atoms with Crippen LogP contribution in [0.1, 0.15) is 27.2 Å². The molecule has 0 saturated heterocycles. The summed E-state index contributed by atoms with van der Waals surface area (Å²) in [6.45, 7) is 5.31. The second-order valence-corrected chi connectivity index (χ2v) is 3.82. The fraction of sp³-hybridized carbons (Fsp3) is 0.778. The highest BCUT2D eigenvalue weighted by Crippen LogP contribution is 2.04. The molecular formula is C9H18N2O3. The van der Waals surface area contributed by atoms with Gasteiger partial charge in [0.1, 0.15) is 6.04 Å². The summed E-state index contributed by atoms with van der Waals surface area (Å²) in [7, 11) is 0. The van der Waals surface area contributed by atoms with Gasteiger partial charge in [0.05, 0.1) is 6.04 Å². The third kappa shape index (κ3) is 4.81. The molecule has 2 atom stereocenters. The van der Waals surface area contributed by atoms with Crippen LogP contribution in [0.25, 0.3) is 0 Å². The van der Waals surface area contributed by atoms with Crippen molar-refractivity contribution in [3.05, 3.63) is 0 Å². The van der Waals surface area contributed by atoms with E-state index in [0.29, 0.717) is 6.42 Å². The number of hydrogen-bond acceptors (Lipinski definition) is 3. The summed E-state index contributed by atoms with van der Waals surface area (Å²) in [4.78, 5) is 21.9. The van der Waals surface area contributed by atoms with Gasteiger partial charge in [-0.2, -0.15) is 0 Å². The lowest BCUT2D eigenvalue weighted by Crippen LogP contribution is -2.47. The van der Waals surface area contributed by atoms with E-state index in [0.717, 1.165) is 0 Å². The van der Waals surface area contributed by atoms with Crippen LogP contribution in [0.15, 0.2) is 0 Å². The topological polar surface area (TPSA) is 92.4 Å². The molecule has 0 aliphatic carbocycles. The summed E-state index contributed by atoms with van der Waals surface area (Å²) in [6.07, 6.45) is 0.411. The van der Waals surface area contributed by atoms with Crippen molar-refractivity contribution in [3.63, 3.8) is 0 Å². The van der Waals surface area contributed by atoms with Gasteiger partial charge in [0.15, 0.2) is 0 Å². The first-order chi connectivity index (χ1) is 6.34. The van der Waals surface area contributed by atoms with Crippen LogP contribution in [-0.4, -0.2) is 29.1 Å². The third-order valence-electron chi connectivity index (χ3n) is 1.74. The molecule has 0 rings (SSSR count). The Bertz CT molecular complexity index is 214. The summed E-state index contributed by atoms with van der Waals surface area (Å²) in [5.74, 6) is -1.24. The lowest BCUT2D eigenvalue weighted by Gasteiger charge is -2.17. The van der Waals surface area contributed by atoms with Crippen LogP contribution in [0, 0.1) is 5.92 Å². The number of carboxylic acids is 1. The fourth-order valence-corrected chi connectivity index (χ4v) is 0.996. The number of aliphatic carboxylic acids is 1. The molecule has 0 spiro atoms. The van der Waals surface area contributed by atoms with E-state index in [1.807, 2.05) is 13.8 Å². The van der Waals surface area contributed by atoms with Gasteiger partial charge in [-0.3, -0.25) is 4.79 Å². The fourth-order valence-electron chi connectivity index (χ4n) is 0.996. The van der Waals surface area contributed by atoms with Crippen LogP contribution in [0.5, 0.6) is 0 Å². The van der Waals surface area contributed by atoms with Gasteiger partial charge in [-0.25, -0.2) is 4.79 Å². The van der Waals surface area contributed by atoms with Crippen LogP contribution in [0.4, 0.5) is 0 Å². The first-order valence-electron chi connectivity index (χ1n) is 4.63. The molecule has 14 heavy (non-hydrogen) atoms. The van der Waals surface area contributed by atoms with Crippen molar-refractivity contribution < 1.29 is 14.7 Å². The van der Waals surface area contributed by atoms with Crippen molar-refractivity contribution in [2.24, 2.45) is 11.7 Å². The monoisotopic (exact) mass is 202 g/mol. The molecule has 0 aromatic rings. The first-order valence-corrected chi connectivity index (χ1v) is 4.63. The van der Waals surface area contributed by atoms with Crippen LogP contribution >= 0.6 is 0 Å². The molecule has 0 bridgehead atoms. The summed E-state index contributed by atoms with van der Waals surface area (Å²) < 4.78 is 0. The maximum absolute atomic E-state index is 11.1. The maximum atomic E-state index is 11.1. The van der Waals surface area contributed by atoms with Gasteiger partial charge in [0.2, 0.25) is 5.91 Å². The quantitative estimate of drug-likeness (QED) is 0.582. The largest absolute Gasteiger partial charge is 0.480 e. The molecule has 0 aromatic carbocycles. The molecule has 5 nitrogen and oxygen atoms in total. The van der Waals surface area contributed by atoms with E-state index in [2.05, 4.69) is 5.32 Å². The predicted molar refractivity (Wildman–Crippen MR) is 52.7 cm³/mol. The lowest BCUT2D eigenvalue weighted by molar-refractivity contribution is -0.142. The van der Waals surface area contributed by atoms with Gasteiger partial charge in [-0.05, 0) is 19.3 Å². The molecule has 0 heterocycles. The zero-order valence-corrected chi connectivity index (χ0v) is 8.78. The minimum absolute atomic E-state index is 0.212.